The van der Waals surface area contributed by atoms with Gasteiger partial charge in [0.1, 0.15) is 17.2 Å². The number of nitrogens with one attached hydrogen (secondary N) is 2. The van der Waals surface area contributed by atoms with E-state index in [1.54, 1.807) is 36.4 Å². The van der Waals surface area contributed by atoms with Crippen LogP contribution in [-0.2, 0) is 0 Å². The molecule has 37 heavy (non-hydrogen) atoms. The third-order valence-electron chi connectivity index (χ3n) is 4.28. The summed E-state index contributed by atoms with van der Waals surface area (Å²) in [5.41, 5.74) is 6.57. The number of rotatable bonds is 6. The van der Waals surface area contributed by atoms with Crippen LogP contribution in [0, 0.1) is 0 Å². The molecule has 0 fully saturated rings. The van der Waals surface area contributed by atoms with Gasteiger partial charge in [-0.15, -0.1) is 5.10 Å². The van der Waals surface area contributed by atoms with Crippen molar-refractivity contribution >= 4 is 120 Å². The summed E-state index contributed by atoms with van der Waals surface area (Å²) in [4.78, 5) is 0. The van der Waals surface area contributed by atoms with Crippen LogP contribution in [-0.4, -0.2) is 39.9 Å². The molecule has 15 heteroatoms. The average Bonchev–Trinajstić information content (AvgIpc) is 2.82. The molecular formula is C22H14Br6N6O3. The number of hydrogen-bond donors (Lipinski definition) is 5. The molecule has 3 aromatic carbocycles. The van der Waals surface area contributed by atoms with Gasteiger partial charge >= 0.3 is 0 Å². The fraction of sp³-hybridized carbons (Fsp3) is 0. The van der Waals surface area contributed by atoms with Crippen molar-refractivity contribution in [1.82, 2.24) is 10.9 Å². The summed E-state index contributed by atoms with van der Waals surface area (Å²) in [5, 5.41) is 46.8. The third-order valence-corrected chi connectivity index (χ3v) is 7.46. The van der Waals surface area contributed by atoms with Crippen LogP contribution in [0.2, 0.25) is 0 Å². The number of halogens is 6. The summed E-state index contributed by atoms with van der Waals surface area (Å²) in [6, 6.07) is 10.1. The van der Waals surface area contributed by atoms with Crippen LogP contribution in [0.5, 0.6) is 17.2 Å². The largest absolute Gasteiger partial charge is 0.506 e. The average molecular weight is 890 g/mol. The molecule has 5 N–H and O–H groups in total. The summed E-state index contributed by atoms with van der Waals surface area (Å²) < 4.78 is 3.67. The molecule has 0 unspecified atom stereocenters. The zero-order chi connectivity index (χ0) is 27.1. The highest BCUT2D eigenvalue weighted by Gasteiger charge is 2.08. The van der Waals surface area contributed by atoms with E-state index in [1.807, 2.05) is 0 Å². The van der Waals surface area contributed by atoms with Gasteiger partial charge in [-0.05, 0) is 84.2 Å². The van der Waals surface area contributed by atoms with Crippen molar-refractivity contribution in [2.45, 2.75) is 0 Å². The van der Waals surface area contributed by atoms with E-state index in [0.29, 0.717) is 30.1 Å². The highest BCUT2D eigenvalue weighted by atomic mass is 79.9. The number of guanidine groups is 1. The minimum Gasteiger partial charge on any atom is -0.506 e. The minimum atomic E-state index is -0.00734. The van der Waals surface area contributed by atoms with Crippen molar-refractivity contribution in [3.63, 3.8) is 0 Å². The maximum absolute atomic E-state index is 10.2. The lowest BCUT2D eigenvalue weighted by Crippen LogP contribution is -2.30. The first kappa shape index (κ1) is 29.8. The lowest BCUT2D eigenvalue weighted by Gasteiger charge is -2.06. The second-order valence-corrected chi connectivity index (χ2v) is 12.2. The quantitative estimate of drug-likeness (QED) is 0.101. The number of benzene rings is 3. The van der Waals surface area contributed by atoms with Gasteiger partial charge in [-0.25, -0.2) is 10.9 Å². The van der Waals surface area contributed by atoms with E-state index in [2.05, 4.69) is 127 Å². The first-order chi connectivity index (χ1) is 17.5. The second kappa shape index (κ2) is 13.8. The van der Waals surface area contributed by atoms with Crippen molar-refractivity contribution in [2.24, 2.45) is 20.4 Å². The van der Waals surface area contributed by atoms with Gasteiger partial charge in [0.05, 0.1) is 32.1 Å². The first-order valence-corrected chi connectivity index (χ1v) is 14.5. The van der Waals surface area contributed by atoms with Crippen LogP contribution in [0.1, 0.15) is 16.7 Å². The Morgan fingerprint density at radius 2 is 0.919 bits per heavy atom. The molecule has 0 aromatic heterocycles. The Balaban J connectivity index is 1.86. The van der Waals surface area contributed by atoms with E-state index in [4.69, 9.17) is 0 Å². The monoisotopic (exact) mass is 884 g/mol. The normalized spacial score (nSPS) is 11.5. The number of phenols is 3. The fourth-order valence-corrected chi connectivity index (χ4v) is 6.37. The maximum atomic E-state index is 10.2. The Labute approximate surface area is 261 Å². The molecule has 0 heterocycles. The van der Waals surface area contributed by atoms with Gasteiger partial charge in [-0.1, -0.05) is 47.8 Å². The highest BCUT2D eigenvalue weighted by molar-refractivity contribution is 9.11. The molecule has 0 saturated carbocycles. The molecular weight excluding hydrogens is 876 g/mol. The number of nitrogens with zero attached hydrogens (tertiary/aromatic N) is 4. The van der Waals surface area contributed by atoms with Crippen molar-refractivity contribution in [3.05, 3.63) is 79.9 Å². The van der Waals surface area contributed by atoms with E-state index in [1.165, 1.54) is 18.6 Å². The van der Waals surface area contributed by atoms with Crippen molar-refractivity contribution < 1.29 is 15.3 Å². The molecule has 0 saturated heterocycles. The molecule has 3 aromatic rings. The molecule has 0 radical (unpaired) electrons. The molecule has 0 aliphatic carbocycles. The Hall–Kier alpha value is -1.78. The summed E-state index contributed by atoms with van der Waals surface area (Å²) in [6.07, 6.45) is 4.10. The predicted molar refractivity (Wildman–Crippen MR) is 167 cm³/mol. The molecule has 0 amide bonds. The van der Waals surface area contributed by atoms with Crippen LogP contribution in [0.25, 0.3) is 0 Å². The predicted octanol–water partition coefficient (Wildman–Crippen LogP) is 7.32. The Morgan fingerprint density at radius 3 is 1.30 bits per heavy atom. The molecule has 192 valence electrons. The van der Waals surface area contributed by atoms with Gasteiger partial charge in [0, 0.05) is 30.1 Å². The molecule has 0 aliphatic rings. The summed E-state index contributed by atoms with van der Waals surface area (Å²) in [7, 11) is 0. The van der Waals surface area contributed by atoms with E-state index in [-0.39, 0.29) is 23.2 Å². The molecule has 0 spiro atoms. The highest BCUT2D eigenvalue weighted by Crippen LogP contribution is 2.32. The van der Waals surface area contributed by atoms with Crippen LogP contribution in [0.3, 0.4) is 0 Å². The lowest BCUT2D eigenvalue weighted by atomic mass is 10.2. The molecule has 3 rings (SSSR count). The van der Waals surface area contributed by atoms with Gasteiger partial charge in [-0.2, -0.15) is 15.3 Å². The maximum Gasteiger partial charge on any atom is 0.257 e. The molecule has 9 nitrogen and oxygen atoms in total. The van der Waals surface area contributed by atoms with E-state index < -0.39 is 0 Å². The fourth-order valence-electron chi connectivity index (χ4n) is 2.60. The zero-order valence-electron chi connectivity index (χ0n) is 18.1. The summed E-state index contributed by atoms with van der Waals surface area (Å²) in [5.74, 6) is -0.00298. The SMILES string of the molecule is Oc1c(Br)cc(Br)cc1C=NN=C(NN=Cc1cc(Br)cc(Br)c1O)NN=Cc1cc(Br)cc(Br)c1O. The van der Waals surface area contributed by atoms with Gasteiger partial charge in [0.15, 0.2) is 0 Å². The van der Waals surface area contributed by atoms with Crippen LogP contribution < -0.4 is 10.9 Å². The number of hydrogen-bond acceptors (Lipinski definition) is 7. The molecule has 0 atom stereocenters. The Morgan fingerprint density at radius 1 is 0.568 bits per heavy atom. The van der Waals surface area contributed by atoms with Gasteiger partial charge < -0.3 is 15.3 Å². The van der Waals surface area contributed by atoms with Crippen molar-refractivity contribution in [3.8, 4) is 17.2 Å². The van der Waals surface area contributed by atoms with Crippen LogP contribution >= 0.6 is 95.6 Å². The van der Waals surface area contributed by atoms with Gasteiger partial charge in [0.2, 0.25) is 0 Å². The first-order valence-electron chi connectivity index (χ1n) is 9.78. The Kier molecular flexibility index (Phi) is 11.1. The van der Waals surface area contributed by atoms with Crippen molar-refractivity contribution in [2.75, 3.05) is 0 Å². The van der Waals surface area contributed by atoms with Gasteiger partial charge in [-0.3, -0.25) is 0 Å². The van der Waals surface area contributed by atoms with E-state index >= 15 is 0 Å². The Bertz CT molecular complexity index is 1370. The van der Waals surface area contributed by atoms with Crippen molar-refractivity contribution in [1.29, 1.82) is 0 Å². The topological polar surface area (TPSA) is 134 Å². The third kappa shape index (κ3) is 8.61. The van der Waals surface area contributed by atoms with Gasteiger partial charge in [0.25, 0.3) is 5.96 Å². The smallest absolute Gasteiger partial charge is 0.257 e. The van der Waals surface area contributed by atoms with E-state index in [0.717, 1.165) is 13.4 Å². The van der Waals surface area contributed by atoms with Crippen LogP contribution in [0.4, 0.5) is 0 Å². The summed E-state index contributed by atoms with van der Waals surface area (Å²) >= 11 is 19.9. The second-order valence-electron chi connectivity index (χ2n) is 6.91. The van der Waals surface area contributed by atoms with Crippen LogP contribution in [0.15, 0.2) is 83.6 Å². The minimum absolute atomic E-state index is 0.000549. The lowest BCUT2D eigenvalue weighted by molar-refractivity contribution is 0.470. The van der Waals surface area contributed by atoms with E-state index in [9.17, 15) is 15.3 Å². The number of aromatic hydroxyl groups is 3. The summed E-state index contributed by atoms with van der Waals surface area (Å²) in [6.45, 7) is 0. The number of hydrazone groups is 2. The standard InChI is InChI=1S/C22H14Br6N6O3/c23-13-1-10(19(35)16(26)4-13)7-29-32-22(33-30-8-11-2-14(24)5-17(27)20(11)36)34-31-9-12-3-15(25)6-18(28)21(12)37/h1-9,35-37H,(H2,32,33,34). The zero-order valence-corrected chi connectivity index (χ0v) is 27.6. The molecule has 0 bridgehead atoms. The molecule has 0 aliphatic heterocycles. The number of phenolic OH excluding ortho intramolecular Hbond substituents is 3.